The van der Waals surface area contributed by atoms with E-state index in [2.05, 4.69) is 0 Å². The molecule has 2 heterocycles. The number of carbonyl (C=O) groups excluding carboxylic acids is 1. The molecule has 1 atom stereocenters. The minimum atomic E-state index is -0.782. The van der Waals surface area contributed by atoms with Crippen molar-refractivity contribution in [3.63, 3.8) is 0 Å². The third kappa shape index (κ3) is 3.37. The van der Waals surface area contributed by atoms with Crippen LogP contribution in [0.2, 0.25) is 0 Å². The molecule has 1 N–H and O–H groups in total. The van der Waals surface area contributed by atoms with Gasteiger partial charge >= 0.3 is 0 Å². The van der Waals surface area contributed by atoms with Crippen LogP contribution in [0, 0.1) is 0 Å². The number of rotatable bonds is 4. The number of nitrogens with zero attached hydrogens (tertiary/aromatic N) is 1. The number of ether oxygens (including phenoxy) is 2. The summed E-state index contributed by atoms with van der Waals surface area (Å²) >= 11 is 0. The van der Waals surface area contributed by atoms with Crippen LogP contribution in [-0.4, -0.2) is 48.3 Å². The highest BCUT2D eigenvalue weighted by Crippen LogP contribution is 2.10. The van der Waals surface area contributed by atoms with E-state index in [9.17, 15) is 9.59 Å². The van der Waals surface area contributed by atoms with Crippen LogP contribution in [0.3, 0.4) is 0 Å². The Morgan fingerprint density at radius 3 is 2.80 bits per heavy atom. The fourth-order valence-corrected chi connectivity index (χ4v) is 1.89. The second-order valence-electron chi connectivity index (χ2n) is 4.43. The zero-order valence-corrected chi connectivity index (χ0v) is 11.2. The van der Waals surface area contributed by atoms with Gasteiger partial charge in [-0.3, -0.25) is 9.59 Å². The highest BCUT2D eigenvalue weighted by Gasteiger charge is 2.24. The minimum Gasteiger partial charge on any atom is -0.474 e. The Bertz CT molecular complexity index is 520. The molecule has 1 amide bonds. The predicted molar refractivity (Wildman–Crippen MR) is 68.4 cm³/mol. The molecule has 0 saturated carbocycles. The Morgan fingerprint density at radius 2 is 2.20 bits per heavy atom. The maximum atomic E-state index is 12.1. The lowest BCUT2D eigenvalue weighted by Crippen LogP contribution is -2.46. The summed E-state index contributed by atoms with van der Waals surface area (Å²) in [7, 11) is 0. The van der Waals surface area contributed by atoms with E-state index in [-0.39, 0.29) is 24.0 Å². The van der Waals surface area contributed by atoms with E-state index in [1.165, 1.54) is 0 Å². The number of hydrogen-bond acceptors (Lipinski definition) is 6. The van der Waals surface area contributed by atoms with Crippen LogP contribution in [0.1, 0.15) is 12.7 Å². The maximum Gasteiger partial charge on any atom is 0.263 e. The van der Waals surface area contributed by atoms with Crippen molar-refractivity contribution in [2.75, 3.05) is 26.3 Å². The SMILES string of the molecule is CC(Oc1coc(CO)cc1=O)C(=O)N1CCOCC1. The molecule has 1 aliphatic heterocycles. The summed E-state index contributed by atoms with van der Waals surface area (Å²) in [4.78, 5) is 25.4. The Balaban J connectivity index is 2.01. The standard InChI is InChI=1S/C13H17NO6/c1-9(13(17)14-2-4-18-5-3-14)20-12-8-19-10(7-15)6-11(12)16/h6,8-9,15H,2-5,7H2,1H3. The van der Waals surface area contributed by atoms with Gasteiger partial charge in [-0.2, -0.15) is 0 Å². The first-order valence-corrected chi connectivity index (χ1v) is 6.37. The van der Waals surface area contributed by atoms with Crippen LogP contribution >= 0.6 is 0 Å². The summed E-state index contributed by atoms with van der Waals surface area (Å²) in [5.74, 6) is -0.0928. The van der Waals surface area contributed by atoms with Crippen molar-refractivity contribution >= 4 is 5.91 Å². The van der Waals surface area contributed by atoms with Crippen molar-refractivity contribution in [3.8, 4) is 5.75 Å². The monoisotopic (exact) mass is 283 g/mol. The van der Waals surface area contributed by atoms with Crippen LogP contribution in [0.5, 0.6) is 5.75 Å². The van der Waals surface area contributed by atoms with Gasteiger partial charge in [-0.25, -0.2) is 0 Å². The van der Waals surface area contributed by atoms with Crippen LogP contribution in [0.4, 0.5) is 0 Å². The molecule has 0 spiro atoms. The first kappa shape index (κ1) is 14.5. The number of aliphatic hydroxyl groups excluding tert-OH is 1. The van der Waals surface area contributed by atoms with Gasteiger partial charge in [-0.1, -0.05) is 0 Å². The Hall–Kier alpha value is -1.86. The quantitative estimate of drug-likeness (QED) is 0.820. The Labute approximate surface area is 115 Å². The lowest BCUT2D eigenvalue weighted by Gasteiger charge is -2.29. The lowest BCUT2D eigenvalue weighted by molar-refractivity contribution is -0.142. The van der Waals surface area contributed by atoms with E-state index >= 15 is 0 Å². The zero-order chi connectivity index (χ0) is 14.5. The second kappa shape index (κ2) is 6.53. The van der Waals surface area contributed by atoms with Crippen LogP contribution < -0.4 is 10.2 Å². The molecular weight excluding hydrogens is 266 g/mol. The van der Waals surface area contributed by atoms with Gasteiger partial charge in [0, 0.05) is 19.2 Å². The molecule has 20 heavy (non-hydrogen) atoms. The van der Waals surface area contributed by atoms with E-state index in [1.54, 1.807) is 11.8 Å². The van der Waals surface area contributed by atoms with Crippen molar-refractivity contribution in [2.45, 2.75) is 19.6 Å². The van der Waals surface area contributed by atoms with E-state index in [0.717, 1.165) is 12.3 Å². The van der Waals surface area contributed by atoms with Crippen LogP contribution in [-0.2, 0) is 16.1 Å². The van der Waals surface area contributed by atoms with Crippen molar-refractivity contribution in [1.82, 2.24) is 4.90 Å². The molecule has 7 nitrogen and oxygen atoms in total. The molecule has 1 fully saturated rings. The molecule has 1 saturated heterocycles. The minimum absolute atomic E-state index is 0.0451. The normalized spacial score (nSPS) is 16.8. The van der Waals surface area contributed by atoms with Crippen molar-refractivity contribution in [2.24, 2.45) is 0 Å². The summed E-state index contributed by atoms with van der Waals surface area (Å²) in [6.45, 7) is 3.27. The molecular formula is C13H17NO6. The second-order valence-corrected chi connectivity index (χ2v) is 4.43. The highest BCUT2D eigenvalue weighted by atomic mass is 16.5. The van der Waals surface area contributed by atoms with E-state index in [1.807, 2.05) is 0 Å². The molecule has 1 unspecified atom stereocenters. The number of aliphatic hydroxyl groups is 1. The number of hydrogen-bond donors (Lipinski definition) is 1. The van der Waals surface area contributed by atoms with Crippen LogP contribution in [0.25, 0.3) is 0 Å². The molecule has 2 rings (SSSR count). The van der Waals surface area contributed by atoms with Gasteiger partial charge in [0.15, 0.2) is 6.10 Å². The average molecular weight is 283 g/mol. The Kier molecular flexibility index (Phi) is 4.75. The molecule has 0 radical (unpaired) electrons. The molecule has 110 valence electrons. The third-order valence-corrected chi connectivity index (χ3v) is 2.98. The summed E-state index contributed by atoms with van der Waals surface area (Å²) in [5, 5.41) is 8.85. The van der Waals surface area contributed by atoms with Gasteiger partial charge in [0.05, 0.1) is 13.2 Å². The van der Waals surface area contributed by atoms with Gasteiger partial charge in [0.2, 0.25) is 11.2 Å². The number of amides is 1. The van der Waals surface area contributed by atoms with Crippen LogP contribution in [0.15, 0.2) is 21.5 Å². The summed E-state index contributed by atoms with van der Waals surface area (Å²) < 4.78 is 15.5. The van der Waals surface area contributed by atoms with E-state index in [4.69, 9.17) is 19.0 Å². The number of morpholine rings is 1. The molecule has 1 aliphatic rings. The van der Waals surface area contributed by atoms with Crippen molar-refractivity contribution in [1.29, 1.82) is 0 Å². The zero-order valence-electron chi connectivity index (χ0n) is 11.2. The molecule has 1 aromatic rings. The Morgan fingerprint density at radius 1 is 1.50 bits per heavy atom. The first-order valence-electron chi connectivity index (χ1n) is 6.37. The predicted octanol–water partition coefficient (Wildman–Crippen LogP) is -0.242. The topological polar surface area (TPSA) is 89.2 Å². The first-order chi connectivity index (χ1) is 9.61. The number of carbonyl (C=O) groups is 1. The third-order valence-electron chi connectivity index (χ3n) is 2.98. The summed E-state index contributed by atoms with van der Waals surface area (Å²) in [5.41, 5.74) is -0.429. The lowest BCUT2D eigenvalue weighted by atomic mass is 10.3. The smallest absolute Gasteiger partial charge is 0.263 e. The molecule has 7 heteroatoms. The maximum absolute atomic E-state index is 12.1. The average Bonchev–Trinajstić information content (AvgIpc) is 2.49. The van der Waals surface area contributed by atoms with E-state index in [0.29, 0.717) is 26.3 Å². The van der Waals surface area contributed by atoms with Gasteiger partial charge in [-0.05, 0) is 6.92 Å². The largest absolute Gasteiger partial charge is 0.474 e. The van der Waals surface area contributed by atoms with Gasteiger partial charge in [-0.15, -0.1) is 0 Å². The molecule has 1 aromatic heterocycles. The molecule has 0 aromatic carbocycles. The van der Waals surface area contributed by atoms with Gasteiger partial charge < -0.3 is 23.9 Å². The summed E-state index contributed by atoms with van der Waals surface area (Å²) in [6.07, 6.45) is 0.327. The van der Waals surface area contributed by atoms with Gasteiger partial charge in [0.25, 0.3) is 5.91 Å². The van der Waals surface area contributed by atoms with Crippen molar-refractivity contribution < 1.29 is 23.8 Å². The molecule has 0 bridgehead atoms. The summed E-state index contributed by atoms with van der Waals surface area (Å²) in [6, 6.07) is 1.14. The highest BCUT2D eigenvalue weighted by molar-refractivity contribution is 5.81. The van der Waals surface area contributed by atoms with Crippen molar-refractivity contribution in [3.05, 3.63) is 28.3 Å². The van der Waals surface area contributed by atoms with E-state index < -0.39 is 11.5 Å². The van der Waals surface area contributed by atoms with Gasteiger partial charge in [0.1, 0.15) is 18.6 Å². The fourth-order valence-electron chi connectivity index (χ4n) is 1.89. The molecule has 0 aliphatic carbocycles. The fraction of sp³-hybridized carbons (Fsp3) is 0.538.